The molecule has 1 aliphatic heterocycles. The minimum atomic E-state index is -0.0970. The van der Waals surface area contributed by atoms with E-state index in [0.717, 1.165) is 19.3 Å². The largest absolute Gasteiger partial charge is 0.289 e. The molecule has 144 valence electrons. The van der Waals surface area contributed by atoms with E-state index in [1.54, 1.807) is 4.90 Å². The first-order valence-electron chi connectivity index (χ1n) is 10.3. The maximum atomic E-state index is 12.9. The zero-order chi connectivity index (χ0) is 18.7. The van der Waals surface area contributed by atoms with Gasteiger partial charge in [0.15, 0.2) is 0 Å². The Kier molecular flexibility index (Phi) is 6.69. The van der Waals surface area contributed by atoms with Gasteiger partial charge in [0.05, 0.1) is 6.17 Å². The van der Waals surface area contributed by atoms with Crippen LogP contribution in [0.5, 0.6) is 0 Å². The van der Waals surface area contributed by atoms with Gasteiger partial charge in [-0.1, -0.05) is 33.6 Å². The van der Waals surface area contributed by atoms with Crippen LogP contribution in [-0.4, -0.2) is 41.9 Å². The highest BCUT2D eigenvalue weighted by Crippen LogP contribution is 2.54. The molecule has 2 aliphatic rings. The van der Waals surface area contributed by atoms with E-state index in [4.69, 9.17) is 0 Å². The summed E-state index contributed by atoms with van der Waals surface area (Å²) < 4.78 is 0. The highest BCUT2D eigenvalue weighted by molar-refractivity contribution is 5.98. The van der Waals surface area contributed by atoms with Crippen LogP contribution in [0, 0.1) is 10.8 Å². The third-order valence-electron chi connectivity index (χ3n) is 6.78. The molecule has 25 heavy (non-hydrogen) atoms. The highest BCUT2D eigenvalue weighted by Gasteiger charge is 2.49. The number of amides is 2. The first-order chi connectivity index (χ1) is 11.8. The second kappa shape index (κ2) is 8.20. The van der Waals surface area contributed by atoms with E-state index in [-0.39, 0.29) is 23.4 Å². The number of hydrogen-bond acceptors (Lipinski definition) is 3. The highest BCUT2D eigenvalue weighted by atomic mass is 16.2. The minimum absolute atomic E-state index is 0.0512. The van der Waals surface area contributed by atoms with Crippen molar-refractivity contribution in [3.8, 4) is 0 Å². The Balaban J connectivity index is 2.09. The third kappa shape index (κ3) is 4.27. The van der Waals surface area contributed by atoms with E-state index >= 15 is 0 Å². The second-order valence-electron chi connectivity index (χ2n) is 8.86. The van der Waals surface area contributed by atoms with Gasteiger partial charge in [0.2, 0.25) is 11.8 Å². The number of nitrogens with zero attached hydrogens (tertiary/aromatic N) is 2. The molecule has 2 rings (SSSR count). The standard InChI is InChI=1S/C21H38N2O2/c1-6-9-20(10-7-2)11-13-21(14-12-20)15-18(24)23(19(25)16-21)17(8-3)22(4)5/h17H,6-16H2,1-5H3. The predicted molar refractivity (Wildman–Crippen MR) is 102 cm³/mol. The van der Waals surface area contributed by atoms with Crippen molar-refractivity contribution in [2.75, 3.05) is 14.1 Å². The molecule has 4 nitrogen and oxygen atoms in total. The molecule has 1 heterocycles. The fraction of sp³-hybridized carbons (Fsp3) is 0.905. The summed E-state index contributed by atoms with van der Waals surface area (Å²) in [5, 5.41) is 0. The molecule has 1 aliphatic carbocycles. The van der Waals surface area contributed by atoms with Crippen molar-refractivity contribution in [2.24, 2.45) is 10.8 Å². The number of piperidine rings is 1. The summed E-state index contributed by atoms with van der Waals surface area (Å²) in [4.78, 5) is 29.3. The number of carbonyl (C=O) groups excluding carboxylic acids is 2. The molecule has 2 amide bonds. The molecule has 4 heteroatoms. The first-order valence-corrected chi connectivity index (χ1v) is 10.3. The molecule has 1 spiro atoms. The molecule has 1 saturated heterocycles. The lowest BCUT2D eigenvalue weighted by Crippen LogP contribution is -2.57. The van der Waals surface area contributed by atoms with Crippen molar-refractivity contribution in [3.05, 3.63) is 0 Å². The van der Waals surface area contributed by atoms with E-state index in [1.807, 2.05) is 25.9 Å². The zero-order valence-corrected chi connectivity index (χ0v) is 17.1. The summed E-state index contributed by atoms with van der Waals surface area (Å²) in [5.74, 6) is 0.102. The van der Waals surface area contributed by atoms with E-state index in [1.165, 1.54) is 38.5 Å². The van der Waals surface area contributed by atoms with Crippen LogP contribution in [0.4, 0.5) is 0 Å². The van der Waals surface area contributed by atoms with Gasteiger partial charge in [-0.2, -0.15) is 0 Å². The average molecular weight is 351 g/mol. The molecule has 0 radical (unpaired) electrons. The maximum Gasteiger partial charge on any atom is 0.231 e. The molecule has 1 atom stereocenters. The smallest absolute Gasteiger partial charge is 0.231 e. The maximum absolute atomic E-state index is 12.9. The van der Waals surface area contributed by atoms with Crippen LogP contribution in [0.3, 0.4) is 0 Å². The van der Waals surface area contributed by atoms with Crippen LogP contribution in [0.15, 0.2) is 0 Å². The van der Waals surface area contributed by atoms with Crippen LogP contribution in [0.1, 0.15) is 91.4 Å². The quantitative estimate of drug-likeness (QED) is 0.631. The van der Waals surface area contributed by atoms with E-state index in [0.29, 0.717) is 18.3 Å². The van der Waals surface area contributed by atoms with Crippen LogP contribution in [0.2, 0.25) is 0 Å². The van der Waals surface area contributed by atoms with E-state index < -0.39 is 0 Å². The summed E-state index contributed by atoms with van der Waals surface area (Å²) in [5.41, 5.74) is 0.411. The number of likely N-dealkylation sites (tertiary alicyclic amines) is 1. The molecule has 0 bridgehead atoms. The molecule has 2 fully saturated rings. The van der Waals surface area contributed by atoms with Crippen molar-refractivity contribution < 1.29 is 9.59 Å². The molecule has 0 N–H and O–H groups in total. The summed E-state index contributed by atoms with van der Waals surface area (Å²) in [6.07, 6.45) is 11.4. The monoisotopic (exact) mass is 350 g/mol. The third-order valence-corrected chi connectivity index (χ3v) is 6.78. The van der Waals surface area contributed by atoms with Gasteiger partial charge in [-0.3, -0.25) is 19.4 Å². The fourth-order valence-electron chi connectivity index (χ4n) is 5.47. The number of rotatable bonds is 7. The second-order valence-corrected chi connectivity index (χ2v) is 8.86. The van der Waals surface area contributed by atoms with E-state index in [2.05, 4.69) is 13.8 Å². The normalized spacial score (nSPS) is 24.2. The van der Waals surface area contributed by atoms with Gasteiger partial charge in [-0.15, -0.1) is 0 Å². The molecule has 0 aromatic rings. The van der Waals surface area contributed by atoms with Gasteiger partial charge in [0.1, 0.15) is 0 Å². The SMILES string of the molecule is CCCC1(CCC)CCC2(CC1)CC(=O)N(C(CC)N(C)C)C(=O)C2. The average Bonchev–Trinajstić information content (AvgIpc) is 2.54. The Bertz CT molecular complexity index is 450. The van der Waals surface area contributed by atoms with Crippen molar-refractivity contribution >= 4 is 11.8 Å². The minimum Gasteiger partial charge on any atom is -0.289 e. The lowest BCUT2D eigenvalue weighted by Gasteiger charge is -2.50. The van der Waals surface area contributed by atoms with Crippen LogP contribution in [0.25, 0.3) is 0 Å². The molecule has 1 saturated carbocycles. The van der Waals surface area contributed by atoms with Gasteiger partial charge in [0, 0.05) is 12.8 Å². The molecular weight excluding hydrogens is 312 g/mol. The van der Waals surface area contributed by atoms with Crippen LogP contribution < -0.4 is 0 Å². The van der Waals surface area contributed by atoms with Gasteiger partial charge < -0.3 is 0 Å². The molecular formula is C21H38N2O2. The Morgan fingerprint density at radius 2 is 1.40 bits per heavy atom. The van der Waals surface area contributed by atoms with Crippen LogP contribution >= 0.6 is 0 Å². The Hall–Kier alpha value is -0.900. The van der Waals surface area contributed by atoms with Crippen molar-refractivity contribution in [1.29, 1.82) is 0 Å². The summed E-state index contributed by atoms with van der Waals surface area (Å²) in [7, 11) is 3.90. The van der Waals surface area contributed by atoms with Gasteiger partial charge in [-0.25, -0.2) is 0 Å². The van der Waals surface area contributed by atoms with Crippen molar-refractivity contribution in [3.63, 3.8) is 0 Å². The topological polar surface area (TPSA) is 40.6 Å². The van der Waals surface area contributed by atoms with Crippen LogP contribution in [-0.2, 0) is 9.59 Å². The van der Waals surface area contributed by atoms with Gasteiger partial charge >= 0.3 is 0 Å². The molecule has 0 aromatic carbocycles. The summed E-state index contributed by atoms with van der Waals surface area (Å²) >= 11 is 0. The number of carbonyl (C=O) groups is 2. The lowest BCUT2D eigenvalue weighted by molar-refractivity contribution is -0.163. The number of hydrogen-bond donors (Lipinski definition) is 0. The Morgan fingerprint density at radius 3 is 1.76 bits per heavy atom. The van der Waals surface area contributed by atoms with Gasteiger partial charge in [0.25, 0.3) is 0 Å². The Labute approximate surface area is 154 Å². The van der Waals surface area contributed by atoms with Crippen molar-refractivity contribution in [2.45, 2.75) is 97.6 Å². The summed E-state index contributed by atoms with van der Waals surface area (Å²) in [6, 6.07) is 0. The Morgan fingerprint density at radius 1 is 0.920 bits per heavy atom. The lowest BCUT2D eigenvalue weighted by atomic mass is 9.58. The molecule has 1 unspecified atom stereocenters. The fourth-order valence-corrected chi connectivity index (χ4v) is 5.47. The molecule has 0 aromatic heterocycles. The number of imide groups is 1. The van der Waals surface area contributed by atoms with Gasteiger partial charge in [-0.05, 0) is 69.9 Å². The zero-order valence-electron chi connectivity index (χ0n) is 17.1. The first kappa shape index (κ1) is 20.4. The summed E-state index contributed by atoms with van der Waals surface area (Å²) in [6.45, 7) is 6.60. The van der Waals surface area contributed by atoms with E-state index in [9.17, 15) is 9.59 Å². The predicted octanol–water partition coefficient (Wildman–Crippen LogP) is 4.58. The van der Waals surface area contributed by atoms with Crippen molar-refractivity contribution in [1.82, 2.24) is 9.80 Å².